The number of hydrogen-bond acceptors (Lipinski definition) is 3. The molecule has 1 aliphatic rings. The maximum Gasteiger partial charge on any atom is 0.108 e. The first-order chi connectivity index (χ1) is 8.36. The molecule has 0 unspecified atom stereocenters. The molecule has 0 atom stereocenters. The van der Waals surface area contributed by atoms with E-state index in [-0.39, 0.29) is 0 Å². The highest BCUT2D eigenvalue weighted by atomic mass is 15.1. The first kappa shape index (κ1) is 10.6. The number of rotatable bonds is 3. The van der Waals surface area contributed by atoms with Gasteiger partial charge in [-0.1, -0.05) is 0 Å². The molecule has 1 aliphatic heterocycles. The summed E-state index contributed by atoms with van der Waals surface area (Å²) in [6.07, 6.45) is 3.42. The Labute approximate surface area is 101 Å². The number of benzene rings is 1. The molecule has 4 nitrogen and oxygen atoms in total. The number of nitrogens with two attached hydrogens (primary N) is 1. The minimum absolute atomic E-state index is 0.638. The van der Waals surface area contributed by atoms with E-state index in [1.807, 2.05) is 0 Å². The topological polar surface area (TPSA) is 57.9 Å². The quantitative estimate of drug-likeness (QED) is 0.843. The predicted molar refractivity (Wildman–Crippen MR) is 70.3 cm³/mol. The summed E-state index contributed by atoms with van der Waals surface area (Å²) in [5.41, 5.74) is 9.01. The van der Waals surface area contributed by atoms with E-state index in [2.05, 4.69) is 33.1 Å². The van der Waals surface area contributed by atoms with E-state index in [4.69, 9.17) is 5.73 Å². The summed E-state index contributed by atoms with van der Waals surface area (Å²) in [4.78, 5) is 10.3. The van der Waals surface area contributed by atoms with E-state index in [1.54, 1.807) is 0 Å². The fourth-order valence-electron chi connectivity index (χ4n) is 2.48. The van der Waals surface area contributed by atoms with Gasteiger partial charge < -0.3 is 15.6 Å². The highest BCUT2D eigenvalue weighted by molar-refractivity contribution is 5.79. The second kappa shape index (κ2) is 4.37. The average molecular weight is 230 g/mol. The van der Waals surface area contributed by atoms with Crippen LogP contribution in [0.15, 0.2) is 18.2 Å². The number of nitrogens with zero attached hydrogens (tertiary/aromatic N) is 2. The van der Waals surface area contributed by atoms with E-state index in [0.29, 0.717) is 6.54 Å². The summed E-state index contributed by atoms with van der Waals surface area (Å²) in [5.74, 6) is 0.987. The molecule has 0 spiro atoms. The lowest BCUT2D eigenvalue weighted by molar-refractivity contribution is 0.900. The molecular weight excluding hydrogens is 212 g/mol. The number of anilines is 1. The summed E-state index contributed by atoms with van der Waals surface area (Å²) in [5, 5.41) is 0. The van der Waals surface area contributed by atoms with Crippen molar-refractivity contribution in [3.8, 4) is 0 Å². The zero-order chi connectivity index (χ0) is 11.7. The smallest absolute Gasteiger partial charge is 0.108 e. The van der Waals surface area contributed by atoms with Crippen LogP contribution >= 0.6 is 0 Å². The molecule has 2 heterocycles. The van der Waals surface area contributed by atoms with Crippen LogP contribution in [-0.2, 0) is 6.42 Å². The third-order valence-corrected chi connectivity index (χ3v) is 3.37. The van der Waals surface area contributed by atoms with Gasteiger partial charge in [0.1, 0.15) is 5.82 Å². The van der Waals surface area contributed by atoms with Crippen LogP contribution in [0.3, 0.4) is 0 Å². The number of imidazole rings is 1. The first-order valence-electron chi connectivity index (χ1n) is 6.30. The standard InChI is InChI=1S/C13H18N4/c14-6-5-13-15-11-4-3-10(9-12(11)16-13)17-7-1-2-8-17/h3-4,9H,1-2,5-8,14H2,(H,15,16). The zero-order valence-electron chi connectivity index (χ0n) is 9.95. The molecule has 1 aromatic carbocycles. The van der Waals surface area contributed by atoms with Crippen LogP contribution in [0, 0.1) is 0 Å². The molecule has 3 rings (SSSR count). The summed E-state index contributed by atoms with van der Waals surface area (Å²) < 4.78 is 0. The van der Waals surface area contributed by atoms with Crippen molar-refractivity contribution in [3.05, 3.63) is 24.0 Å². The lowest BCUT2D eigenvalue weighted by Gasteiger charge is -2.17. The number of nitrogens with one attached hydrogen (secondary N) is 1. The Morgan fingerprint density at radius 1 is 1.29 bits per heavy atom. The summed E-state index contributed by atoms with van der Waals surface area (Å²) >= 11 is 0. The lowest BCUT2D eigenvalue weighted by Crippen LogP contribution is -2.17. The van der Waals surface area contributed by atoms with Crippen LogP contribution in [-0.4, -0.2) is 29.6 Å². The third kappa shape index (κ3) is 2.00. The molecule has 2 aromatic rings. The van der Waals surface area contributed by atoms with Gasteiger partial charge >= 0.3 is 0 Å². The maximum atomic E-state index is 5.54. The lowest BCUT2D eigenvalue weighted by atomic mass is 10.2. The van der Waals surface area contributed by atoms with E-state index >= 15 is 0 Å². The highest BCUT2D eigenvalue weighted by Gasteiger charge is 2.13. The molecule has 4 heteroatoms. The Morgan fingerprint density at radius 2 is 2.12 bits per heavy atom. The molecule has 1 fully saturated rings. The molecule has 1 saturated heterocycles. The van der Waals surface area contributed by atoms with Gasteiger partial charge in [-0.25, -0.2) is 4.98 Å². The number of H-pyrrole nitrogens is 1. The van der Waals surface area contributed by atoms with Gasteiger partial charge in [0.25, 0.3) is 0 Å². The van der Waals surface area contributed by atoms with Crippen molar-refractivity contribution in [1.82, 2.24) is 9.97 Å². The van der Waals surface area contributed by atoms with Gasteiger partial charge in [0.05, 0.1) is 11.0 Å². The normalized spacial score (nSPS) is 15.9. The molecule has 0 saturated carbocycles. The van der Waals surface area contributed by atoms with Crippen molar-refractivity contribution in [2.75, 3.05) is 24.5 Å². The monoisotopic (exact) mass is 230 g/mol. The highest BCUT2D eigenvalue weighted by Crippen LogP contribution is 2.24. The second-order valence-electron chi connectivity index (χ2n) is 4.62. The van der Waals surface area contributed by atoms with Crippen LogP contribution in [0.1, 0.15) is 18.7 Å². The van der Waals surface area contributed by atoms with Gasteiger partial charge in [0.2, 0.25) is 0 Å². The summed E-state index contributed by atoms with van der Waals surface area (Å²) in [6, 6.07) is 6.47. The summed E-state index contributed by atoms with van der Waals surface area (Å²) in [6.45, 7) is 2.99. The summed E-state index contributed by atoms with van der Waals surface area (Å²) in [7, 11) is 0. The van der Waals surface area contributed by atoms with Crippen LogP contribution < -0.4 is 10.6 Å². The van der Waals surface area contributed by atoms with Crippen LogP contribution in [0.2, 0.25) is 0 Å². The number of aromatic nitrogens is 2. The van der Waals surface area contributed by atoms with Gasteiger partial charge in [-0.05, 0) is 37.6 Å². The molecule has 0 bridgehead atoms. The van der Waals surface area contributed by atoms with E-state index in [0.717, 1.165) is 23.3 Å². The fraction of sp³-hybridized carbons (Fsp3) is 0.462. The van der Waals surface area contributed by atoms with Gasteiger partial charge in [0.15, 0.2) is 0 Å². The van der Waals surface area contributed by atoms with Crippen LogP contribution in [0.4, 0.5) is 5.69 Å². The van der Waals surface area contributed by atoms with E-state index < -0.39 is 0 Å². The second-order valence-corrected chi connectivity index (χ2v) is 4.62. The minimum atomic E-state index is 0.638. The number of hydrogen-bond donors (Lipinski definition) is 2. The Balaban J connectivity index is 1.94. The largest absolute Gasteiger partial charge is 0.371 e. The van der Waals surface area contributed by atoms with Crippen molar-refractivity contribution in [2.45, 2.75) is 19.3 Å². The predicted octanol–water partition coefficient (Wildman–Crippen LogP) is 1.66. The van der Waals surface area contributed by atoms with Gasteiger partial charge in [-0.2, -0.15) is 0 Å². The zero-order valence-corrected chi connectivity index (χ0v) is 9.95. The van der Waals surface area contributed by atoms with Crippen molar-refractivity contribution in [1.29, 1.82) is 0 Å². The van der Waals surface area contributed by atoms with Gasteiger partial charge in [-0.3, -0.25) is 0 Å². The van der Waals surface area contributed by atoms with Crippen molar-refractivity contribution < 1.29 is 0 Å². The van der Waals surface area contributed by atoms with E-state index in [9.17, 15) is 0 Å². The molecular formula is C13H18N4. The third-order valence-electron chi connectivity index (χ3n) is 3.37. The molecule has 17 heavy (non-hydrogen) atoms. The van der Waals surface area contributed by atoms with Crippen molar-refractivity contribution in [2.24, 2.45) is 5.73 Å². The fourth-order valence-corrected chi connectivity index (χ4v) is 2.48. The maximum absolute atomic E-state index is 5.54. The molecule has 90 valence electrons. The SMILES string of the molecule is NCCc1nc2ccc(N3CCCC3)cc2[nH]1. The minimum Gasteiger partial charge on any atom is -0.371 e. The van der Waals surface area contributed by atoms with Crippen molar-refractivity contribution in [3.63, 3.8) is 0 Å². The molecule has 3 N–H and O–H groups in total. The Kier molecular flexibility index (Phi) is 2.73. The Morgan fingerprint density at radius 3 is 2.88 bits per heavy atom. The molecule has 0 amide bonds. The number of fused-ring (bicyclic) bond motifs is 1. The van der Waals surface area contributed by atoms with Crippen molar-refractivity contribution >= 4 is 16.7 Å². The van der Waals surface area contributed by atoms with Gasteiger partial charge in [-0.15, -0.1) is 0 Å². The first-order valence-corrected chi connectivity index (χ1v) is 6.30. The Hall–Kier alpha value is -1.55. The molecule has 0 aliphatic carbocycles. The van der Waals surface area contributed by atoms with E-state index in [1.165, 1.54) is 31.6 Å². The molecule has 1 aromatic heterocycles. The van der Waals surface area contributed by atoms with Gasteiger partial charge in [0, 0.05) is 25.2 Å². The molecule has 0 radical (unpaired) electrons. The van der Waals surface area contributed by atoms with Crippen LogP contribution in [0.5, 0.6) is 0 Å². The Bertz CT molecular complexity index is 511. The average Bonchev–Trinajstić information content (AvgIpc) is 2.96. The number of aromatic amines is 1. The van der Waals surface area contributed by atoms with Crippen LogP contribution in [0.25, 0.3) is 11.0 Å².